The molecule has 102 valence electrons. The summed E-state index contributed by atoms with van der Waals surface area (Å²) in [6.07, 6.45) is 9.02. The van der Waals surface area contributed by atoms with E-state index in [0.29, 0.717) is 0 Å². The lowest BCUT2D eigenvalue weighted by molar-refractivity contribution is 0.364. The van der Waals surface area contributed by atoms with Crippen molar-refractivity contribution in [2.24, 2.45) is 0 Å². The van der Waals surface area contributed by atoms with Crippen molar-refractivity contribution in [1.82, 2.24) is 10.2 Å². The molecule has 1 N–H and O–H groups in total. The smallest absolute Gasteiger partial charge is 0.0359 e. The maximum Gasteiger partial charge on any atom is 0.0359 e. The first kappa shape index (κ1) is 15.0. The van der Waals surface area contributed by atoms with Gasteiger partial charge in [-0.1, -0.05) is 25.2 Å². The summed E-state index contributed by atoms with van der Waals surface area (Å²) in [7, 11) is 0. The Kier molecular flexibility index (Phi) is 6.81. The van der Waals surface area contributed by atoms with E-state index in [0.717, 1.165) is 32.6 Å². The van der Waals surface area contributed by atoms with E-state index in [1.807, 2.05) is 0 Å². The molecule has 0 bridgehead atoms. The summed E-state index contributed by atoms with van der Waals surface area (Å²) < 4.78 is 0. The molecule has 0 saturated carbocycles. The van der Waals surface area contributed by atoms with Crippen molar-refractivity contribution in [3.8, 4) is 0 Å². The molecule has 0 spiro atoms. The van der Waals surface area contributed by atoms with Crippen LogP contribution in [-0.2, 0) is 0 Å². The average molecular weight is 248 g/mol. The minimum atomic E-state index is 1.00. The largest absolute Gasteiger partial charge is 0.372 e. The lowest BCUT2D eigenvalue weighted by Gasteiger charge is -2.31. The highest BCUT2D eigenvalue weighted by Crippen LogP contribution is 2.25. The lowest BCUT2D eigenvalue weighted by atomic mass is 9.96. The fourth-order valence-corrected chi connectivity index (χ4v) is 2.62. The highest BCUT2D eigenvalue weighted by atomic mass is 15.1. The summed E-state index contributed by atoms with van der Waals surface area (Å²) in [5.41, 5.74) is 4.42. The molecular formula is C16H28N2. The molecule has 0 unspecified atom stereocenters. The fourth-order valence-electron chi connectivity index (χ4n) is 2.62. The molecule has 0 aromatic rings. The number of hydrogen-bond acceptors (Lipinski definition) is 2. The number of nitrogens with zero attached hydrogens (tertiary/aromatic N) is 1. The zero-order chi connectivity index (χ0) is 13.4. The summed E-state index contributed by atoms with van der Waals surface area (Å²) >= 11 is 0. The molecule has 0 fully saturated rings. The van der Waals surface area contributed by atoms with Crippen molar-refractivity contribution in [3.63, 3.8) is 0 Å². The van der Waals surface area contributed by atoms with Crippen LogP contribution in [0.4, 0.5) is 0 Å². The van der Waals surface area contributed by atoms with Gasteiger partial charge in [-0.05, 0) is 51.3 Å². The van der Waals surface area contributed by atoms with Crippen LogP contribution in [0.15, 0.2) is 35.1 Å². The monoisotopic (exact) mass is 248 g/mol. The molecule has 18 heavy (non-hydrogen) atoms. The molecule has 0 radical (unpaired) electrons. The fraction of sp³-hybridized carbons (Fsp3) is 0.625. The van der Waals surface area contributed by atoms with Crippen LogP contribution in [-0.4, -0.2) is 31.1 Å². The zero-order valence-electron chi connectivity index (χ0n) is 12.4. The van der Waals surface area contributed by atoms with Gasteiger partial charge >= 0.3 is 0 Å². The van der Waals surface area contributed by atoms with Crippen LogP contribution in [0.25, 0.3) is 0 Å². The highest BCUT2D eigenvalue weighted by molar-refractivity contribution is 5.41. The van der Waals surface area contributed by atoms with Crippen molar-refractivity contribution in [3.05, 3.63) is 35.1 Å². The van der Waals surface area contributed by atoms with E-state index in [4.69, 9.17) is 0 Å². The van der Waals surface area contributed by atoms with E-state index in [2.05, 4.69) is 56.1 Å². The maximum atomic E-state index is 3.46. The van der Waals surface area contributed by atoms with Gasteiger partial charge in [-0.2, -0.15) is 0 Å². The van der Waals surface area contributed by atoms with E-state index < -0.39 is 0 Å². The summed E-state index contributed by atoms with van der Waals surface area (Å²) in [5, 5.41) is 3.46. The third kappa shape index (κ3) is 3.74. The average Bonchev–Trinajstić information content (AvgIpc) is 2.40. The number of allylic oxidation sites excluding steroid dienone is 3. The van der Waals surface area contributed by atoms with Crippen molar-refractivity contribution in [2.45, 2.75) is 40.5 Å². The predicted octanol–water partition coefficient (Wildman–Crippen LogP) is 3.49. The van der Waals surface area contributed by atoms with E-state index in [1.54, 1.807) is 0 Å². The minimum Gasteiger partial charge on any atom is -0.372 e. The molecule has 2 nitrogen and oxygen atoms in total. The molecular weight excluding hydrogens is 220 g/mol. The molecule has 2 heteroatoms. The van der Waals surface area contributed by atoms with Crippen molar-refractivity contribution in [1.29, 1.82) is 0 Å². The Bertz CT molecular complexity index is 337. The quantitative estimate of drug-likeness (QED) is 0.774. The Morgan fingerprint density at radius 1 is 1.33 bits per heavy atom. The molecule has 1 aliphatic rings. The van der Waals surface area contributed by atoms with Gasteiger partial charge in [0, 0.05) is 25.3 Å². The first-order chi connectivity index (χ1) is 8.78. The highest BCUT2D eigenvalue weighted by Gasteiger charge is 2.17. The normalized spacial score (nSPS) is 17.7. The molecule has 1 heterocycles. The second-order valence-corrected chi connectivity index (χ2v) is 4.68. The van der Waals surface area contributed by atoms with Gasteiger partial charge in [0.1, 0.15) is 0 Å². The number of rotatable bonds is 6. The van der Waals surface area contributed by atoms with E-state index >= 15 is 0 Å². The van der Waals surface area contributed by atoms with Gasteiger partial charge in [-0.15, -0.1) is 0 Å². The van der Waals surface area contributed by atoms with E-state index in [9.17, 15) is 0 Å². The molecule has 0 aliphatic carbocycles. The molecule has 0 aromatic heterocycles. The van der Waals surface area contributed by atoms with Gasteiger partial charge in [-0.25, -0.2) is 0 Å². The Balaban J connectivity index is 3.04. The van der Waals surface area contributed by atoms with Crippen molar-refractivity contribution < 1.29 is 0 Å². The lowest BCUT2D eigenvalue weighted by Crippen LogP contribution is -2.30. The third-order valence-electron chi connectivity index (χ3n) is 3.42. The van der Waals surface area contributed by atoms with Crippen molar-refractivity contribution >= 4 is 0 Å². The zero-order valence-corrected chi connectivity index (χ0v) is 12.4. The number of nitrogens with one attached hydrogen (secondary N) is 1. The third-order valence-corrected chi connectivity index (χ3v) is 3.42. The van der Waals surface area contributed by atoms with Gasteiger partial charge in [0.15, 0.2) is 0 Å². The van der Waals surface area contributed by atoms with Gasteiger partial charge in [0.05, 0.1) is 0 Å². The molecule has 0 aromatic carbocycles. The first-order valence-electron chi connectivity index (χ1n) is 7.25. The molecule has 0 atom stereocenters. The standard InChI is InChI=1S/C16H28N2/c1-5-9-14-13-17-11-10-15(14)16(7-3)18(8-4)12-6-2/h5,7,9,17H,6,8,10-13H2,1-4H3/b9-5-,16-7+. The molecule has 1 aliphatic heterocycles. The predicted molar refractivity (Wildman–Crippen MR) is 80.6 cm³/mol. The Labute approximate surface area is 112 Å². The molecule has 1 rings (SSSR count). The summed E-state index contributed by atoms with van der Waals surface area (Å²) in [5.74, 6) is 0. The maximum absolute atomic E-state index is 3.46. The van der Waals surface area contributed by atoms with Gasteiger partial charge in [-0.3, -0.25) is 0 Å². The van der Waals surface area contributed by atoms with Crippen molar-refractivity contribution in [2.75, 3.05) is 26.2 Å². The van der Waals surface area contributed by atoms with Gasteiger partial charge in [0.2, 0.25) is 0 Å². The Hall–Kier alpha value is -1.02. The van der Waals surface area contributed by atoms with Crippen LogP contribution >= 0.6 is 0 Å². The summed E-state index contributed by atoms with van der Waals surface area (Å²) in [4.78, 5) is 2.50. The van der Waals surface area contributed by atoms with Crippen LogP contribution in [0.2, 0.25) is 0 Å². The van der Waals surface area contributed by atoms with E-state index in [1.165, 1.54) is 23.3 Å². The van der Waals surface area contributed by atoms with Crippen LogP contribution in [0.5, 0.6) is 0 Å². The second-order valence-electron chi connectivity index (χ2n) is 4.68. The van der Waals surface area contributed by atoms with E-state index in [-0.39, 0.29) is 0 Å². The SMILES string of the molecule is C/C=C\C1=C(C(=C\C)/N(CC)CCC)CCNC1. The van der Waals surface area contributed by atoms with Gasteiger partial charge in [0.25, 0.3) is 0 Å². The first-order valence-corrected chi connectivity index (χ1v) is 7.25. The minimum absolute atomic E-state index is 1.00. The van der Waals surface area contributed by atoms with Crippen LogP contribution in [0.3, 0.4) is 0 Å². The number of likely N-dealkylation sites (N-methyl/N-ethyl adjacent to an activating group) is 1. The molecule has 0 saturated heterocycles. The van der Waals surface area contributed by atoms with Crippen LogP contribution in [0, 0.1) is 0 Å². The van der Waals surface area contributed by atoms with Crippen LogP contribution in [0.1, 0.15) is 40.5 Å². The summed E-state index contributed by atoms with van der Waals surface area (Å²) in [6.45, 7) is 13.1. The topological polar surface area (TPSA) is 15.3 Å². The Morgan fingerprint density at radius 3 is 2.67 bits per heavy atom. The Morgan fingerprint density at radius 2 is 2.11 bits per heavy atom. The second kappa shape index (κ2) is 8.15. The molecule has 0 amide bonds. The van der Waals surface area contributed by atoms with Gasteiger partial charge < -0.3 is 10.2 Å². The number of hydrogen-bond donors (Lipinski definition) is 1. The summed E-state index contributed by atoms with van der Waals surface area (Å²) in [6, 6.07) is 0. The van der Waals surface area contributed by atoms with Crippen LogP contribution < -0.4 is 5.32 Å².